The summed E-state index contributed by atoms with van der Waals surface area (Å²) in [6, 6.07) is 14.6. The van der Waals surface area contributed by atoms with Crippen molar-refractivity contribution in [2.24, 2.45) is 4.99 Å². The van der Waals surface area contributed by atoms with Crippen LogP contribution < -0.4 is 10.6 Å². The highest BCUT2D eigenvalue weighted by Gasteiger charge is 2.07. The molecule has 0 fully saturated rings. The van der Waals surface area contributed by atoms with Gasteiger partial charge in [-0.25, -0.2) is 4.99 Å². The predicted molar refractivity (Wildman–Crippen MR) is 129 cm³/mol. The summed E-state index contributed by atoms with van der Waals surface area (Å²) >= 11 is 1.80. The van der Waals surface area contributed by atoms with Gasteiger partial charge in [0.25, 0.3) is 0 Å². The lowest BCUT2D eigenvalue weighted by atomic mass is 10.1. The summed E-state index contributed by atoms with van der Waals surface area (Å²) in [5.41, 5.74) is 2.35. The van der Waals surface area contributed by atoms with E-state index in [9.17, 15) is 0 Å². The molecule has 2 aromatic heterocycles. The fraction of sp³-hybridized carbons (Fsp3) is 0.333. The second-order valence-electron chi connectivity index (χ2n) is 6.52. The molecule has 0 aliphatic carbocycles. The van der Waals surface area contributed by atoms with Crippen LogP contribution in [0, 0.1) is 0 Å². The Morgan fingerprint density at radius 1 is 1.14 bits per heavy atom. The van der Waals surface area contributed by atoms with E-state index in [1.54, 1.807) is 11.3 Å². The molecular weight excluding hydrogens is 481 g/mol. The van der Waals surface area contributed by atoms with E-state index in [-0.39, 0.29) is 24.0 Å². The first-order valence-electron chi connectivity index (χ1n) is 9.35. The number of rotatable bonds is 8. The van der Waals surface area contributed by atoms with E-state index in [0.717, 1.165) is 31.2 Å². The van der Waals surface area contributed by atoms with Gasteiger partial charge in [0.1, 0.15) is 0 Å². The number of halogens is 1. The summed E-state index contributed by atoms with van der Waals surface area (Å²) in [7, 11) is 0. The van der Waals surface area contributed by atoms with E-state index in [4.69, 9.17) is 4.99 Å². The molecule has 0 bridgehead atoms. The van der Waals surface area contributed by atoms with Gasteiger partial charge in [-0.1, -0.05) is 43.3 Å². The number of nitrogens with one attached hydrogen (secondary N) is 2. The largest absolute Gasteiger partial charge is 0.357 e. The Labute approximate surface area is 188 Å². The van der Waals surface area contributed by atoms with E-state index in [0.29, 0.717) is 12.5 Å². The maximum Gasteiger partial charge on any atom is 0.191 e. The Morgan fingerprint density at radius 3 is 2.68 bits per heavy atom. The van der Waals surface area contributed by atoms with Crippen LogP contribution in [-0.4, -0.2) is 28.8 Å². The van der Waals surface area contributed by atoms with E-state index in [2.05, 4.69) is 77.6 Å². The lowest BCUT2D eigenvalue weighted by molar-refractivity contribution is 0.686. The van der Waals surface area contributed by atoms with Gasteiger partial charge in [-0.15, -0.1) is 35.3 Å². The summed E-state index contributed by atoms with van der Waals surface area (Å²) in [5, 5.41) is 13.3. The minimum atomic E-state index is 0. The second kappa shape index (κ2) is 11.9. The molecule has 0 aliphatic heterocycles. The molecule has 5 nitrogen and oxygen atoms in total. The molecule has 3 rings (SSSR count). The van der Waals surface area contributed by atoms with Crippen molar-refractivity contribution in [1.82, 2.24) is 20.4 Å². The third-order valence-electron chi connectivity index (χ3n) is 4.24. The molecule has 1 unspecified atom stereocenters. The standard InChI is InChI=1S/C21H27N5S.HI/c1-3-22-21(23-12-17(2)20-10-7-11-27-20)24-13-19-14-25-26(16-19)15-18-8-5-4-6-9-18;/h4-11,14,16-17H,3,12-13,15H2,1-2H3,(H2,22,23,24);1H. The van der Waals surface area contributed by atoms with Gasteiger partial charge in [0.05, 0.1) is 19.3 Å². The minimum absolute atomic E-state index is 0. The zero-order valence-corrected chi connectivity index (χ0v) is 19.5. The fourth-order valence-corrected chi connectivity index (χ4v) is 3.57. The van der Waals surface area contributed by atoms with Crippen LogP contribution in [0.15, 0.2) is 65.2 Å². The zero-order chi connectivity index (χ0) is 18.9. The molecule has 1 aromatic carbocycles. The van der Waals surface area contributed by atoms with Crippen LogP contribution in [0.3, 0.4) is 0 Å². The topological polar surface area (TPSA) is 54.2 Å². The molecule has 0 spiro atoms. The lowest BCUT2D eigenvalue weighted by Gasteiger charge is -2.14. The molecule has 0 amide bonds. The van der Waals surface area contributed by atoms with Gasteiger partial charge in [0, 0.05) is 35.6 Å². The van der Waals surface area contributed by atoms with Crippen LogP contribution in [0.4, 0.5) is 0 Å². The molecule has 3 aromatic rings. The molecule has 2 N–H and O–H groups in total. The molecule has 28 heavy (non-hydrogen) atoms. The van der Waals surface area contributed by atoms with Gasteiger partial charge in [-0.05, 0) is 23.9 Å². The second-order valence-corrected chi connectivity index (χ2v) is 7.50. The fourth-order valence-electron chi connectivity index (χ4n) is 2.78. The highest BCUT2D eigenvalue weighted by Crippen LogP contribution is 2.19. The first kappa shape index (κ1) is 22.4. The van der Waals surface area contributed by atoms with Gasteiger partial charge in [0.2, 0.25) is 0 Å². The van der Waals surface area contributed by atoms with E-state index >= 15 is 0 Å². The molecule has 150 valence electrons. The number of aromatic nitrogens is 2. The summed E-state index contributed by atoms with van der Waals surface area (Å²) in [4.78, 5) is 6.09. The van der Waals surface area contributed by atoms with Crippen molar-refractivity contribution in [3.05, 3.63) is 76.2 Å². The maximum absolute atomic E-state index is 4.70. The van der Waals surface area contributed by atoms with Crippen molar-refractivity contribution in [2.45, 2.75) is 32.9 Å². The Kier molecular flexibility index (Phi) is 9.49. The van der Waals surface area contributed by atoms with E-state index in [1.807, 2.05) is 16.9 Å². The maximum atomic E-state index is 4.70. The first-order chi connectivity index (χ1) is 13.2. The summed E-state index contributed by atoms with van der Waals surface area (Å²) in [6.45, 7) is 7.40. The number of nitrogens with zero attached hydrogens (tertiary/aromatic N) is 3. The molecule has 7 heteroatoms. The first-order valence-corrected chi connectivity index (χ1v) is 10.2. The van der Waals surface area contributed by atoms with Crippen LogP contribution in [0.25, 0.3) is 0 Å². The molecule has 0 aliphatic rings. The Balaban J connectivity index is 0.00000280. The Hall–Kier alpha value is -1.87. The predicted octanol–water partition coefficient (Wildman–Crippen LogP) is 4.47. The number of benzene rings is 1. The average Bonchev–Trinajstić information content (AvgIpc) is 3.37. The highest BCUT2D eigenvalue weighted by atomic mass is 127. The normalized spacial score (nSPS) is 12.3. The SMILES string of the molecule is CCNC(=NCc1cnn(Cc2ccccc2)c1)NCC(C)c1cccs1.I. The summed E-state index contributed by atoms with van der Waals surface area (Å²) in [5.74, 6) is 1.30. The summed E-state index contributed by atoms with van der Waals surface area (Å²) in [6.07, 6.45) is 3.96. The lowest BCUT2D eigenvalue weighted by Crippen LogP contribution is -2.39. The van der Waals surface area contributed by atoms with Crippen molar-refractivity contribution in [1.29, 1.82) is 0 Å². The monoisotopic (exact) mass is 509 g/mol. The van der Waals surface area contributed by atoms with Crippen molar-refractivity contribution in [2.75, 3.05) is 13.1 Å². The van der Waals surface area contributed by atoms with Crippen LogP contribution >= 0.6 is 35.3 Å². The molecule has 2 heterocycles. The van der Waals surface area contributed by atoms with Gasteiger partial charge in [-0.2, -0.15) is 5.10 Å². The van der Waals surface area contributed by atoms with Gasteiger partial charge in [-0.3, -0.25) is 4.68 Å². The van der Waals surface area contributed by atoms with Gasteiger partial charge >= 0.3 is 0 Å². The molecule has 1 atom stereocenters. The van der Waals surface area contributed by atoms with Gasteiger partial charge < -0.3 is 10.6 Å². The number of hydrogen-bond acceptors (Lipinski definition) is 3. The van der Waals surface area contributed by atoms with Crippen molar-refractivity contribution in [3.8, 4) is 0 Å². The Bertz CT molecular complexity index is 830. The van der Waals surface area contributed by atoms with Crippen molar-refractivity contribution >= 4 is 41.3 Å². The highest BCUT2D eigenvalue weighted by molar-refractivity contribution is 14.0. The third kappa shape index (κ3) is 6.94. The van der Waals surface area contributed by atoms with Gasteiger partial charge in [0.15, 0.2) is 5.96 Å². The van der Waals surface area contributed by atoms with Crippen LogP contribution in [0.5, 0.6) is 0 Å². The van der Waals surface area contributed by atoms with Crippen LogP contribution in [0.2, 0.25) is 0 Å². The number of guanidine groups is 1. The van der Waals surface area contributed by atoms with E-state index in [1.165, 1.54) is 10.4 Å². The molecule has 0 saturated carbocycles. The number of hydrogen-bond donors (Lipinski definition) is 2. The minimum Gasteiger partial charge on any atom is -0.357 e. The van der Waals surface area contributed by atoms with Crippen molar-refractivity contribution < 1.29 is 0 Å². The average molecular weight is 509 g/mol. The molecule has 0 saturated heterocycles. The van der Waals surface area contributed by atoms with Crippen LogP contribution in [-0.2, 0) is 13.1 Å². The zero-order valence-electron chi connectivity index (χ0n) is 16.3. The Morgan fingerprint density at radius 2 is 1.96 bits per heavy atom. The smallest absolute Gasteiger partial charge is 0.191 e. The number of aliphatic imine (C=N–C) groups is 1. The van der Waals surface area contributed by atoms with E-state index < -0.39 is 0 Å². The summed E-state index contributed by atoms with van der Waals surface area (Å²) < 4.78 is 1.96. The number of thiophene rings is 1. The molecular formula is C21H28IN5S. The van der Waals surface area contributed by atoms with Crippen molar-refractivity contribution in [3.63, 3.8) is 0 Å². The molecule has 0 radical (unpaired) electrons. The van der Waals surface area contributed by atoms with Crippen LogP contribution in [0.1, 0.15) is 35.8 Å². The quantitative estimate of drug-likeness (QED) is 0.268. The third-order valence-corrected chi connectivity index (χ3v) is 5.35.